The number of rotatable bonds is 4. The van der Waals surface area contributed by atoms with Crippen molar-refractivity contribution in [3.05, 3.63) is 70.8 Å². The molecule has 1 unspecified atom stereocenters. The van der Waals surface area contributed by atoms with Gasteiger partial charge in [0.15, 0.2) is 0 Å². The van der Waals surface area contributed by atoms with Gasteiger partial charge in [0.05, 0.1) is 11.6 Å². The normalized spacial score (nSPS) is 11.8. The summed E-state index contributed by atoms with van der Waals surface area (Å²) in [5.41, 5.74) is 3.35. The highest BCUT2D eigenvalue weighted by atomic mass is 16.3. The fraction of sp³-hybridized carbons (Fsp3) is 0.188. The van der Waals surface area contributed by atoms with Gasteiger partial charge in [0.2, 0.25) is 0 Å². The molecule has 0 saturated heterocycles. The summed E-state index contributed by atoms with van der Waals surface area (Å²) in [5.74, 6) is 0. The molecule has 96 valence electrons. The molecule has 2 aromatic carbocycles. The largest absolute Gasteiger partial charge is 0.384 e. The summed E-state index contributed by atoms with van der Waals surface area (Å²) >= 11 is 0. The molecule has 3 heteroatoms. The number of aliphatic hydroxyl groups excluding tert-OH is 1. The molecule has 0 aromatic heterocycles. The Morgan fingerprint density at radius 1 is 1.16 bits per heavy atom. The van der Waals surface area contributed by atoms with Crippen LogP contribution in [0.3, 0.4) is 0 Å². The number of benzene rings is 2. The van der Waals surface area contributed by atoms with Gasteiger partial charge in [0.25, 0.3) is 0 Å². The van der Waals surface area contributed by atoms with E-state index in [1.54, 1.807) is 24.3 Å². The number of nitriles is 1. The highest BCUT2D eigenvalue weighted by molar-refractivity contribution is 5.39. The Hall–Kier alpha value is -2.15. The van der Waals surface area contributed by atoms with Crippen LogP contribution in [0.1, 0.15) is 28.4 Å². The Morgan fingerprint density at radius 2 is 1.84 bits per heavy atom. The van der Waals surface area contributed by atoms with Crippen LogP contribution in [0.2, 0.25) is 0 Å². The van der Waals surface area contributed by atoms with Crippen LogP contribution in [-0.4, -0.2) is 12.2 Å². The molecule has 0 aliphatic carbocycles. The summed E-state index contributed by atoms with van der Waals surface area (Å²) in [6, 6.07) is 16.9. The molecule has 0 aliphatic rings. The van der Waals surface area contributed by atoms with Gasteiger partial charge >= 0.3 is 0 Å². The van der Waals surface area contributed by atoms with Crippen molar-refractivity contribution in [1.29, 1.82) is 5.26 Å². The van der Waals surface area contributed by atoms with Crippen LogP contribution in [0, 0.1) is 11.3 Å². The molecule has 3 nitrogen and oxygen atoms in total. The van der Waals surface area contributed by atoms with Gasteiger partial charge in [-0.3, -0.25) is 0 Å². The maximum absolute atomic E-state index is 10.5. The average molecular weight is 252 g/mol. The predicted molar refractivity (Wildman–Crippen MR) is 74.4 cm³/mol. The van der Waals surface area contributed by atoms with Gasteiger partial charge in [0, 0.05) is 6.54 Å². The predicted octanol–water partition coefficient (Wildman–Crippen LogP) is 2.36. The van der Waals surface area contributed by atoms with Gasteiger partial charge in [-0.15, -0.1) is 0 Å². The van der Waals surface area contributed by atoms with Gasteiger partial charge in [-0.25, -0.2) is 0 Å². The standard InChI is InChI=1S/C16H16N2O/c1-18-11-14-4-2-3-5-15(14)16(19)13-8-6-12(10-17)7-9-13/h2-9,16,18-19H,11H2,1H3. The molecular weight excluding hydrogens is 236 g/mol. The van der Waals surface area contributed by atoms with Crippen LogP contribution in [0.4, 0.5) is 0 Å². The lowest BCUT2D eigenvalue weighted by Crippen LogP contribution is -2.10. The lowest BCUT2D eigenvalue weighted by atomic mass is 9.96. The maximum Gasteiger partial charge on any atom is 0.104 e. The minimum absolute atomic E-state index is 0.597. The van der Waals surface area contributed by atoms with Crippen LogP contribution in [-0.2, 0) is 6.54 Å². The van der Waals surface area contributed by atoms with E-state index in [-0.39, 0.29) is 0 Å². The van der Waals surface area contributed by atoms with Crippen molar-refractivity contribution in [3.8, 4) is 6.07 Å². The molecule has 1 atom stereocenters. The second-order valence-corrected chi connectivity index (χ2v) is 4.37. The first kappa shape index (κ1) is 13.3. The Morgan fingerprint density at radius 3 is 2.47 bits per heavy atom. The number of hydrogen-bond acceptors (Lipinski definition) is 3. The van der Waals surface area contributed by atoms with Gasteiger partial charge in [0.1, 0.15) is 6.10 Å². The molecule has 19 heavy (non-hydrogen) atoms. The van der Waals surface area contributed by atoms with Crippen LogP contribution in [0.15, 0.2) is 48.5 Å². The highest BCUT2D eigenvalue weighted by Crippen LogP contribution is 2.25. The maximum atomic E-state index is 10.5. The van der Waals surface area contributed by atoms with E-state index < -0.39 is 6.10 Å². The fourth-order valence-electron chi connectivity index (χ4n) is 2.07. The van der Waals surface area contributed by atoms with Crippen molar-refractivity contribution < 1.29 is 5.11 Å². The molecule has 0 fully saturated rings. The third-order valence-electron chi connectivity index (χ3n) is 3.07. The number of nitrogens with one attached hydrogen (secondary N) is 1. The monoisotopic (exact) mass is 252 g/mol. The van der Waals surface area contributed by atoms with Gasteiger partial charge in [-0.2, -0.15) is 5.26 Å². The van der Waals surface area contributed by atoms with Crippen molar-refractivity contribution in [3.63, 3.8) is 0 Å². The molecule has 2 rings (SSSR count). The van der Waals surface area contributed by atoms with E-state index in [1.165, 1.54) is 0 Å². The molecular formula is C16H16N2O. The van der Waals surface area contributed by atoms with Crippen LogP contribution < -0.4 is 5.32 Å². The summed E-state index contributed by atoms with van der Waals surface area (Å²) in [5, 5.41) is 22.3. The molecule has 0 amide bonds. The topological polar surface area (TPSA) is 56.0 Å². The van der Waals surface area contributed by atoms with Gasteiger partial charge in [-0.05, 0) is 35.9 Å². The van der Waals surface area contributed by atoms with Crippen LogP contribution in [0.5, 0.6) is 0 Å². The Labute approximate surface area is 113 Å². The third-order valence-corrected chi connectivity index (χ3v) is 3.07. The first-order chi connectivity index (χ1) is 9.26. The lowest BCUT2D eigenvalue weighted by Gasteiger charge is -2.16. The summed E-state index contributed by atoms with van der Waals surface area (Å²) in [6.07, 6.45) is -0.669. The van der Waals surface area contributed by atoms with E-state index in [4.69, 9.17) is 5.26 Å². The summed E-state index contributed by atoms with van der Waals surface area (Å²) in [4.78, 5) is 0. The minimum atomic E-state index is -0.669. The van der Waals surface area contributed by atoms with Crippen molar-refractivity contribution in [1.82, 2.24) is 5.32 Å². The summed E-state index contributed by atoms with van der Waals surface area (Å²) < 4.78 is 0. The third kappa shape index (κ3) is 3.00. The van der Waals surface area contributed by atoms with Crippen molar-refractivity contribution in [2.75, 3.05) is 7.05 Å². The van der Waals surface area contributed by atoms with E-state index in [2.05, 4.69) is 11.4 Å². The molecule has 0 saturated carbocycles. The zero-order valence-corrected chi connectivity index (χ0v) is 10.8. The smallest absolute Gasteiger partial charge is 0.104 e. The van der Waals surface area contributed by atoms with Crippen molar-refractivity contribution in [2.45, 2.75) is 12.6 Å². The molecule has 0 spiro atoms. The number of hydrogen-bond donors (Lipinski definition) is 2. The number of aliphatic hydroxyl groups is 1. The van der Waals surface area contributed by atoms with Crippen molar-refractivity contribution in [2.24, 2.45) is 0 Å². The van der Waals surface area contributed by atoms with E-state index in [0.29, 0.717) is 12.1 Å². The summed E-state index contributed by atoms with van der Waals surface area (Å²) in [6.45, 7) is 0.712. The highest BCUT2D eigenvalue weighted by Gasteiger charge is 2.13. The first-order valence-electron chi connectivity index (χ1n) is 6.16. The minimum Gasteiger partial charge on any atom is -0.384 e. The summed E-state index contributed by atoms with van der Waals surface area (Å²) in [7, 11) is 1.88. The molecule has 0 radical (unpaired) electrons. The SMILES string of the molecule is CNCc1ccccc1C(O)c1ccc(C#N)cc1. The number of nitrogens with zero attached hydrogens (tertiary/aromatic N) is 1. The van der Waals surface area contributed by atoms with E-state index in [9.17, 15) is 5.11 Å². The Kier molecular flexibility index (Phi) is 4.30. The Bertz CT molecular complexity index is 584. The van der Waals surface area contributed by atoms with Gasteiger partial charge < -0.3 is 10.4 Å². The zero-order valence-electron chi connectivity index (χ0n) is 10.8. The van der Waals surface area contributed by atoms with Gasteiger partial charge in [-0.1, -0.05) is 36.4 Å². The van der Waals surface area contributed by atoms with Crippen molar-refractivity contribution >= 4 is 0 Å². The molecule has 0 aliphatic heterocycles. The van der Waals surface area contributed by atoms with Crippen LogP contribution in [0.25, 0.3) is 0 Å². The zero-order chi connectivity index (χ0) is 13.7. The molecule has 2 N–H and O–H groups in total. The van der Waals surface area contributed by atoms with E-state index >= 15 is 0 Å². The fourth-order valence-corrected chi connectivity index (χ4v) is 2.07. The Balaban J connectivity index is 2.32. The average Bonchev–Trinajstić information content (AvgIpc) is 2.47. The van der Waals surface area contributed by atoms with E-state index in [1.807, 2.05) is 31.3 Å². The molecule has 0 heterocycles. The molecule has 0 bridgehead atoms. The first-order valence-corrected chi connectivity index (χ1v) is 6.16. The second kappa shape index (κ2) is 6.14. The quantitative estimate of drug-likeness (QED) is 0.878. The van der Waals surface area contributed by atoms with E-state index in [0.717, 1.165) is 16.7 Å². The lowest BCUT2D eigenvalue weighted by molar-refractivity contribution is 0.219. The molecule has 2 aromatic rings. The van der Waals surface area contributed by atoms with Crippen LogP contribution >= 0.6 is 0 Å². The second-order valence-electron chi connectivity index (χ2n) is 4.37.